The van der Waals surface area contributed by atoms with Gasteiger partial charge in [0, 0.05) is 54.2 Å². The highest BCUT2D eigenvalue weighted by molar-refractivity contribution is 8.00. The van der Waals surface area contributed by atoms with Crippen molar-refractivity contribution in [3.63, 3.8) is 0 Å². The van der Waals surface area contributed by atoms with Gasteiger partial charge < -0.3 is 5.32 Å². The van der Waals surface area contributed by atoms with E-state index >= 15 is 0 Å². The van der Waals surface area contributed by atoms with Crippen molar-refractivity contribution < 1.29 is 0 Å². The summed E-state index contributed by atoms with van der Waals surface area (Å²) in [6.07, 6.45) is 0. The third-order valence-electron chi connectivity index (χ3n) is 2.97. The van der Waals surface area contributed by atoms with Gasteiger partial charge in [-0.25, -0.2) is 0 Å². The van der Waals surface area contributed by atoms with E-state index in [4.69, 9.17) is 0 Å². The number of hydrogen-bond donors (Lipinski definition) is 1. The zero-order valence-corrected chi connectivity index (χ0v) is 11.4. The molecule has 0 radical (unpaired) electrons. The van der Waals surface area contributed by atoms with E-state index in [0.29, 0.717) is 0 Å². The molecule has 2 fully saturated rings. The van der Waals surface area contributed by atoms with Gasteiger partial charge >= 0.3 is 0 Å². The van der Waals surface area contributed by atoms with Gasteiger partial charge in [-0.1, -0.05) is 13.8 Å². The summed E-state index contributed by atoms with van der Waals surface area (Å²) in [5, 5.41) is 5.25. The van der Waals surface area contributed by atoms with Crippen LogP contribution in [0.3, 0.4) is 0 Å². The van der Waals surface area contributed by atoms with Gasteiger partial charge in [0.15, 0.2) is 0 Å². The van der Waals surface area contributed by atoms with Crippen LogP contribution in [0.1, 0.15) is 13.8 Å². The van der Waals surface area contributed by atoms with Crippen LogP contribution in [0.4, 0.5) is 0 Å². The van der Waals surface area contributed by atoms with Gasteiger partial charge in [0.05, 0.1) is 0 Å². The first-order chi connectivity index (χ1) is 7.24. The Kier molecular flexibility index (Phi) is 4.68. The molecule has 3 unspecified atom stereocenters. The predicted octanol–water partition coefficient (Wildman–Crippen LogP) is 1.52. The van der Waals surface area contributed by atoms with Crippen molar-refractivity contribution in [1.29, 1.82) is 0 Å². The lowest BCUT2D eigenvalue weighted by atomic mass is 10.2. The lowest BCUT2D eigenvalue weighted by molar-refractivity contribution is 0.246. The molecular weight excluding hydrogens is 224 g/mol. The predicted molar refractivity (Wildman–Crippen MR) is 72.1 cm³/mol. The van der Waals surface area contributed by atoms with Crippen LogP contribution >= 0.6 is 23.5 Å². The summed E-state index contributed by atoms with van der Waals surface area (Å²) < 4.78 is 0. The maximum atomic E-state index is 3.63. The Morgan fingerprint density at radius 1 is 1.27 bits per heavy atom. The molecule has 15 heavy (non-hydrogen) atoms. The average molecular weight is 246 g/mol. The summed E-state index contributed by atoms with van der Waals surface area (Å²) in [5.74, 6) is 2.59. The molecule has 2 aliphatic rings. The summed E-state index contributed by atoms with van der Waals surface area (Å²) in [7, 11) is 0. The van der Waals surface area contributed by atoms with Crippen molar-refractivity contribution in [2.24, 2.45) is 0 Å². The second-order valence-corrected chi connectivity index (χ2v) is 7.73. The zero-order chi connectivity index (χ0) is 10.7. The zero-order valence-electron chi connectivity index (χ0n) is 9.74. The van der Waals surface area contributed by atoms with Crippen LogP contribution in [0, 0.1) is 0 Å². The first kappa shape index (κ1) is 12.1. The van der Waals surface area contributed by atoms with Crippen LogP contribution in [0.5, 0.6) is 0 Å². The molecular formula is C11H22N2S2. The van der Waals surface area contributed by atoms with Crippen molar-refractivity contribution in [2.45, 2.75) is 30.4 Å². The molecule has 0 aromatic carbocycles. The Morgan fingerprint density at radius 2 is 2.00 bits per heavy atom. The standard InChI is InChI=1S/C11H22N2S2/c1-9-5-13(6-10(2)15-9)7-11-8-14-4-3-12-11/h9-12H,3-8H2,1-2H3. The molecule has 0 saturated carbocycles. The molecule has 2 nitrogen and oxygen atoms in total. The molecule has 0 aromatic rings. The van der Waals surface area contributed by atoms with Crippen LogP contribution < -0.4 is 5.32 Å². The Morgan fingerprint density at radius 3 is 2.60 bits per heavy atom. The van der Waals surface area contributed by atoms with Gasteiger partial charge in [-0.15, -0.1) is 0 Å². The molecule has 3 atom stereocenters. The summed E-state index contributed by atoms with van der Waals surface area (Å²) in [5.41, 5.74) is 0. The number of nitrogens with one attached hydrogen (secondary N) is 1. The molecule has 2 rings (SSSR count). The Bertz CT molecular complexity index is 185. The van der Waals surface area contributed by atoms with E-state index in [1.807, 2.05) is 0 Å². The first-order valence-electron chi connectivity index (χ1n) is 5.93. The van der Waals surface area contributed by atoms with Gasteiger partial charge in [-0.2, -0.15) is 23.5 Å². The van der Waals surface area contributed by atoms with E-state index in [2.05, 4.69) is 47.6 Å². The number of thioether (sulfide) groups is 2. The topological polar surface area (TPSA) is 15.3 Å². The summed E-state index contributed by atoms with van der Waals surface area (Å²) in [4.78, 5) is 2.65. The van der Waals surface area contributed by atoms with E-state index in [-0.39, 0.29) is 0 Å². The second kappa shape index (κ2) is 5.80. The molecule has 88 valence electrons. The van der Waals surface area contributed by atoms with Crippen molar-refractivity contribution in [1.82, 2.24) is 10.2 Å². The highest BCUT2D eigenvalue weighted by atomic mass is 32.2. The SMILES string of the molecule is CC1CN(CC2CSCCN2)CC(C)S1. The quantitative estimate of drug-likeness (QED) is 0.794. The van der Waals surface area contributed by atoms with Crippen molar-refractivity contribution >= 4 is 23.5 Å². The fraction of sp³-hybridized carbons (Fsp3) is 1.00. The summed E-state index contributed by atoms with van der Waals surface area (Å²) >= 11 is 4.24. The highest BCUT2D eigenvalue weighted by Crippen LogP contribution is 2.25. The Balaban J connectivity index is 1.77. The summed E-state index contributed by atoms with van der Waals surface area (Å²) in [6.45, 7) is 9.72. The monoisotopic (exact) mass is 246 g/mol. The largest absolute Gasteiger partial charge is 0.311 e. The lowest BCUT2D eigenvalue weighted by Crippen LogP contribution is -2.50. The highest BCUT2D eigenvalue weighted by Gasteiger charge is 2.24. The van der Waals surface area contributed by atoms with Gasteiger partial charge in [0.25, 0.3) is 0 Å². The van der Waals surface area contributed by atoms with Crippen LogP contribution in [0.2, 0.25) is 0 Å². The van der Waals surface area contributed by atoms with Crippen molar-refractivity contribution in [3.8, 4) is 0 Å². The fourth-order valence-electron chi connectivity index (χ4n) is 2.48. The smallest absolute Gasteiger partial charge is 0.0285 e. The second-order valence-electron chi connectivity index (χ2n) is 4.70. The minimum atomic E-state index is 0.728. The molecule has 0 aliphatic carbocycles. The van der Waals surface area contributed by atoms with Gasteiger partial charge in [-0.05, 0) is 0 Å². The van der Waals surface area contributed by atoms with Gasteiger partial charge in [-0.3, -0.25) is 4.90 Å². The third kappa shape index (κ3) is 3.84. The average Bonchev–Trinajstić information content (AvgIpc) is 2.17. The molecule has 2 aliphatic heterocycles. The maximum absolute atomic E-state index is 3.63. The molecule has 2 saturated heterocycles. The number of rotatable bonds is 2. The molecule has 1 N–H and O–H groups in total. The first-order valence-corrected chi connectivity index (χ1v) is 8.02. The van der Waals surface area contributed by atoms with Gasteiger partial charge in [0.2, 0.25) is 0 Å². The summed E-state index contributed by atoms with van der Waals surface area (Å²) in [6, 6.07) is 0.728. The van der Waals surface area contributed by atoms with Crippen LogP contribution in [-0.4, -0.2) is 59.1 Å². The Labute approximate surface area is 102 Å². The van der Waals surface area contributed by atoms with E-state index in [1.165, 1.54) is 37.7 Å². The molecule has 0 aromatic heterocycles. The molecule has 0 bridgehead atoms. The molecule has 2 heterocycles. The molecule has 0 amide bonds. The Hall–Kier alpha value is 0.620. The minimum absolute atomic E-state index is 0.728. The minimum Gasteiger partial charge on any atom is -0.311 e. The van der Waals surface area contributed by atoms with Crippen LogP contribution in [-0.2, 0) is 0 Å². The van der Waals surface area contributed by atoms with Crippen LogP contribution in [0.25, 0.3) is 0 Å². The fourth-order valence-corrected chi connectivity index (χ4v) is 4.81. The van der Waals surface area contributed by atoms with Crippen molar-refractivity contribution in [2.75, 3.05) is 37.7 Å². The van der Waals surface area contributed by atoms with Gasteiger partial charge in [0.1, 0.15) is 0 Å². The van der Waals surface area contributed by atoms with E-state index in [1.54, 1.807) is 0 Å². The molecule has 4 heteroatoms. The van der Waals surface area contributed by atoms with Crippen LogP contribution in [0.15, 0.2) is 0 Å². The van der Waals surface area contributed by atoms with E-state index in [9.17, 15) is 0 Å². The number of hydrogen-bond acceptors (Lipinski definition) is 4. The normalized spacial score (nSPS) is 39.2. The van der Waals surface area contributed by atoms with E-state index < -0.39 is 0 Å². The third-order valence-corrected chi connectivity index (χ3v) is 5.33. The lowest BCUT2D eigenvalue weighted by Gasteiger charge is -2.37. The maximum Gasteiger partial charge on any atom is 0.0285 e. The van der Waals surface area contributed by atoms with E-state index in [0.717, 1.165) is 16.5 Å². The molecule has 0 spiro atoms. The number of nitrogens with zero attached hydrogens (tertiary/aromatic N) is 1. The van der Waals surface area contributed by atoms with Crippen molar-refractivity contribution in [3.05, 3.63) is 0 Å².